The largest absolute Gasteiger partial charge is 0.489 e. The summed E-state index contributed by atoms with van der Waals surface area (Å²) in [5.41, 5.74) is 1.92. The second kappa shape index (κ2) is 31.3. The number of benzene rings is 6. The van der Waals surface area contributed by atoms with Gasteiger partial charge < -0.3 is 73.8 Å². The lowest BCUT2D eigenvalue weighted by atomic mass is 10.0. The molecule has 102 heavy (non-hydrogen) atoms. The number of rotatable bonds is 18. The first-order chi connectivity index (χ1) is 56.5. The zero-order valence-electron chi connectivity index (χ0n) is 73.0. The molecule has 3 N–H and O–H groups in total. The van der Waals surface area contributed by atoms with Crippen LogP contribution >= 0.6 is 0 Å². The Labute approximate surface area is 616 Å². The van der Waals surface area contributed by atoms with Crippen molar-refractivity contribution in [2.45, 2.75) is 115 Å². The molecule has 0 aromatic heterocycles. The smallest absolute Gasteiger partial charge is 0.255 e. The van der Waals surface area contributed by atoms with E-state index in [0.29, 0.717) is 72.3 Å². The van der Waals surface area contributed by atoms with Crippen molar-refractivity contribution < 1.29 is 96.2 Å². The van der Waals surface area contributed by atoms with Crippen LogP contribution in [0.1, 0.15) is 144 Å². The standard InChI is InChI=1S/3C26H27N3O5/c3*1-17-5-10-22(25(31)27-17)29-14-21-20(26(29)32)3-2-4-23(21)34-15-19-8-6-18(7-9-19)13-28-11-12-33-16-24(28)30/h3*2-4,6-9,22H,1,5,10-16H2,(H,27,31)/i6D,8D,9D,13D,15D2;6D,9D,13D2,15D2;6D,8D,13D2,15D2. The summed E-state index contributed by atoms with van der Waals surface area (Å²) in [6, 6.07) is 13.4. The van der Waals surface area contributed by atoms with Gasteiger partial charge in [0.25, 0.3) is 17.7 Å². The van der Waals surface area contributed by atoms with E-state index >= 15 is 0 Å². The number of nitrogens with one attached hydrogen (secondary N) is 3. The summed E-state index contributed by atoms with van der Waals surface area (Å²) in [7, 11) is 0. The maximum atomic E-state index is 13.2. The van der Waals surface area contributed by atoms with Crippen molar-refractivity contribution in [1.29, 1.82) is 0 Å². The Balaban J connectivity index is 0.000000156. The highest BCUT2D eigenvalue weighted by atomic mass is 16.5. The molecule has 9 heterocycles. The van der Waals surface area contributed by atoms with Crippen LogP contribution in [0.15, 0.2) is 164 Å². The quantitative estimate of drug-likeness (QED) is 0.0774. The van der Waals surface area contributed by atoms with Gasteiger partial charge in [-0.25, -0.2) is 0 Å². The van der Waals surface area contributed by atoms with Crippen molar-refractivity contribution in [2.24, 2.45) is 0 Å². The van der Waals surface area contributed by atoms with E-state index in [-0.39, 0.29) is 170 Å². The van der Waals surface area contributed by atoms with Gasteiger partial charge in [-0.1, -0.05) is 111 Å². The molecule has 0 bridgehead atoms. The first-order valence-electron chi connectivity index (χ1n) is 41.8. The van der Waals surface area contributed by atoms with Crippen LogP contribution in [-0.4, -0.2) is 160 Å². The molecule has 9 aliphatic heterocycles. The molecule has 6 aromatic rings. The molecule has 6 aromatic carbocycles. The van der Waals surface area contributed by atoms with Gasteiger partial charge in [0.05, 0.1) is 64.1 Å². The van der Waals surface area contributed by atoms with E-state index in [1.165, 1.54) is 62.1 Å². The topological polar surface area (TPSA) is 265 Å². The highest BCUT2D eigenvalue weighted by molar-refractivity contribution is 6.04. The monoisotopic (exact) mass is 1400 g/mol. The minimum atomic E-state index is -2.76. The van der Waals surface area contributed by atoms with E-state index < -0.39 is 129 Å². The van der Waals surface area contributed by atoms with Crippen LogP contribution in [0.25, 0.3) is 0 Å². The molecule has 24 heteroatoms. The van der Waals surface area contributed by atoms with Gasteiger partial charge in [-0.15, -0.1) is 0 Å². The Morgan fingerprint density at radius 3 is 1.18 bits per heavy atom. The Morgan fingerprint density at radius 2 is 0.745 bits per heavy atom. The third kappa shape index (κ3) is 15.9. The van der Waals surface area contributed by atoms with Crippen molar-refractivity contribution in [3.63, 3.8) is 0 Å². The van der Waals surface area contributed by atoms with Crippen molar-refractivity contribution in [3.8, 4) is 17.2 Å². The van der Waals surface area contributed by atoms with E-state index in [0.717, 1.165) is 34.1 Å². The molecule has 9 amide bonds. The molecule has 0 aliphatic carbocycles. The van der Waals surface area contributed by atoms with Crippen LogP contribution in [0.4, 0.5) is 0 Å². The molecular formula is C78H81N9O15. The lowest BCUT2D eigenvalue weighted by Gasteiger charge is -2.31. The highest BCUT2D eigenvalue weighted by Crippen LogP contribution is 2.38. The number of hydrogen-bond acceptors (Lipinski definition) is 15. The number of hydrogen-bond donors (Lipinski definition) is 3. The molecule has 15 rings (SSSR count). The molecule has 4 atom stereocenters. The van der Waals surface area contributed by atoms with Gasteiger partial charge in [-0.05, 0) is 108 Å². The van der Waals surface area contributed by atoms with Crippen LogP contribution in [0.2, 0.25) is 0 Å². The molecular weight excluding hydrogens is 1300 g/mol. The fourth-order valence-corrected chi connectivity index (χ4v) is 12.4. The van der Waals surface area contributed by atoms with Crippen LogP contribution in [0, 0.1) is 0 Å². The maximum Gasteiger partial charge on any atom is 0.255 e. The van der Waals surface area contributed by atoms with Gasteiger partial charge >= 0.3 is 0 Å². The summed E-state index contributed by atoms with van der Waals surface area (Å²) < 4.78 is 186. The van der Waals surface area contributed by atoms with E-state index in [4.69, 9.17) is 53.1 Å². The molecule has 0 saturated carbocycles. The molecule has 0 radical (unpaired) electrons. The number of morpholine rings is 3. The van der Waals surface area contributed by atoms with E-state index in [2.05, 4.69) is 35.7 Å². The first kappa shape index (κ1) is 50.4. The molecule has 0 spiro atoms. The summed E-state index contributed by atoms with van der Waals surface area (Å²) >= 11 is 0. The Morgan fingerprint density at radius 1 is 0.412 bits per heavy atom. The summed E-state index contributed by atoms with van der Waals surface area (Å²) in [5.74, 6) is -3.73. The molecule has 9 aliphatic rings. The number of fused-ring (bicyclic) bond motifs is 3. The second-order valence-electron chi connectivity index (χ2n) is 24.6. The van der Waals surface area contributed by atoms with Crippen molar-refractivity contribution in [1.82, 2.24) is 45.3 Å². The maximum absolute atomic E-state index is 13.2. The average Bonchev–Trinajstić information content (AvgIpc) is 1.09. The van der Waals surface area contributed by atoms with Crippen LogP contribution in [0.3, 0.4) is 0 Å². The number of carbonyl (C=O) groups is 9. The van der Waals surface area contributed by atoms with Gasteiger partial charge in [-0.3, -0.25) is 43.2 Å². The molecule has 6 saturated heterocycles. The number of piperidine rings is 3. The Kier molecular flexibility index (Phi) is 15.5. The average molecular weight is 1400 g/mol. The predicted molar refractivity (Wildman–Crippen MR) is 371 cm³/mol. The summed E-state index contributed by atoms with van der Waals surface area (Å²) in [5, 5.41) is 7.99. The molecule has 24 nitrogen and oxygen atoms in total. The van der Waals surface area contributed by atoms with Crippen molar-refractivity contribution in [3.05, 3.63) is 231 Å². The van der Waals surface area contributed by atoms with Crippen LogP contribution in [0.5, 0.6) is 17.2 Å². The SMILES string of the molecule is [2H]c1c(C([2H])([2H])Oc2cccc3c2CN(C2CCC(=C)NC2=O)C3=O)ccc(C([2H])([2H])N2CCOCC2=O)c1[2H].[2H]c1cc(C([2H])([2H])N2CCOCC2=O)c([2H])cc1C([2H])([2H])Oc1cccc2c1CN(C1CCC(=C)NC1=O)C2=O.[2H]c1cc(C([2H])N2CCOCC2=O)c([2H])c([2H])c1C([2H])([2H])Oc1cccc2c1CN(C1CCC(=C)NC1=O)C2=O. The number of ether oxygens (including phenoxy) is 6. The Hall–Kier alpha value is -11.0. The number of amides is 9. The lowest BCUT2D eigenvalue weighted by Crippen LogP contribution is -2.49. The summed E-state index contributed by atoms with van der Waals surface area (Å²) in [6.45, 7) is -3.19. The van der Waals surface area contributed by atoms with Crippen molar-refractivity contribution in [2.75, 3.05) is 59.3 Å². The second-order valence-corrected chi connectivity index (χ2v) is 24.6. The Bertz CT molecular complexity index is 5150. The molecule has 4 unspecified atom stereocenters. The van der Waals surface area contributed by atoms with Gasteiger partial charge in [0, 0.05) is 89.6 Å². The zero-order valence-corrected chi connectivity index (χ0v) is 55.0. The number of allylic oxidation sites excluding steroid dienone is 3. The lowest BCUT2D eigenvalue weighted by molar-refractivity contribution is -0.144. The highest BCUT2D eigenvalue weighted by Gasteiger charge is 2.43. The predicted octanol–water partition coefficient (Wildman–Crippen LogP) is 7.12. The normalized spacial score (nSPS) is 24.0. The number of carbonyl (C=O) groups excluding carboxylic acids is 9. The molecule has 528 valence electrons. The fourth-order valence-electron chi connectivity index (χ4n) is 12.4. The molecule has 6 fully saturated rings. The van der Waals surface area contributed by atoms with Crippen LogP contribution in [-0.2, 0) is 102 Å². The minimum Gasteiger partial charge on any atom is -0.489 e. The third-order valence-electron chi connectivity index (χ3n) is 17.8. The van der Waals surface area contributed by atoms with Crippen molar-refractivity contribution >= 4 is 53.2 Å². The summed E-state index contributed by atoms with van der Waals surface area (Å²) in [6.07, 6.45) is 2.79. The summed E-state index contributed by atoms with van der Waals surface area (Å²) in [4.78, 5) is 121. The third-order valence-corrected chi connectivity index (χ3v) is 17.8. The van der Waals surface area contributed by atoms with Gasteiger partial charge in [-0.2, -0.15) is 0 Å². The zero-order chi connectivity index (χ0) is 86.9. The van der Waals surface area contributed by atoms with Crippen LogP contribution < -0.4 is 30.2 Å². The van der Waals surface area contributed by atoms with Gasteiger partial charge in [0.1, 0.15) is 74.9 Å². The van der Waals surface area contributed by atoms with E-state index in [9.17, 15) is 43.2 Å². The van der Waals surface area contributed by atoms with E-state index in [1.807, 2.05) is 0 Å². The number of nitrogens with zero attached hydrogens (tertiary/aromatic N) is 6. The van der Waals surface area contributed by atoms with Gasteiger partial charge in [0.15, 0.2) is 0 Å². The first-order valence-corrected chi connectivity index (χ1v) is 32.8. The van der Waals surface area contributed by atoms with E-state index in [1.54, 1.807) is 18.2 Å². The fraction of sp³-hybridized carbons (Fsp3) is 0.346. The minimum absolute atomic E-state index is 0.00315. The van der Waals surface area contributed by atoms with Gasteiger partial charge in [0.2, 0.25) is 35.4 Å².